The summed E-state index contributed by atoms with van der Waals surface area (Å²) >= 11 is 0. The van der Waals surface area contributed by atoms with E-state index in [1.807, 2.05) is 0 Å². The highest BCUT2D eigenvalue weighted by molar-refractivity contribution is 6.21. The van der Waals surface area contributed by atoms with E-state index in [0.717, 1.165) is 23.1 Å². The number of rotatable bonds is 6. The average molecular weight is 357 g/mol. The van der Waals surface area contributed by atoms with Gasteiger partial charge in [-0.3, -0.25) is 34.7 Å². The number of carbonyl (C=O) groups is 2. The summed E-state index contributed by atoms with van der Waals surface area (Å²) in [6.07, 6.45) is 0. The molecule has 3 rings (SSSR count). The minimum atomic E-state index is -0.801. The second-order valence-corrected chi connectivity index (χ2v) is 5.32. The van der Waals surface area contributed by atoms with Crippen molar-refractivity contribution in [2.24, 2.45) is 0 Å². The van der Waals surface area contributed by atoms with E-state index in [0.29, 0.717) is 11.1 Å². The fourth-order valence-electron chi connectivity index (χ4n) is 2.57. The Labute approximate surface area is 145 Å². The molecule has 0 unspecified atom stereocenters. The highest BCUT2D eigenvalue weighted by Gasteiger charge is 2.34. The molecule has 0 aromatic heterocycles. The zero-order valence-electron chi connectivity index (χ0n) is 13.2. The second-order valence-electron chi connectivity index (χ2n) is 5.32. The van der Waals surface area contributed by atoms with Crippen LogP contribution >= 0.6 is 0 Å². The number of carbonyl (C=O) groups excluding carboxylic acids is 2. The van der Waals surface area contributed by atoms with Gasteiger partial charge in [0.05, 0.1) is 33.6 Å². The van der Waals surface area contributed by atoms with Crippen LogP contribution in [0.15, 0.2) is 42.5 Å². The number of nitrogens with zero attached hydrogens (tertiary/aromatic N) is 3. The molecule has 0 spiro atoms. The summed E-state index contributed by atoms with van der Waals surface area (Å²) in [5.41, 5.74) is -0.427. The van der Waals surface area contributed by atoms with Crippen LogP contribution < -0.4 is 4.74 Å². The van der Waals surface area contributed by atoms with Crippen LogP contribution in [0.1, 0.15) is 20.7 Å². The van der Waals surface area contributed by atoms with Gasteiger partial charge in [0.1, 0.15) is 6.61 Å². The summed E-state index contributed by atoms with van der Waals surface area (Å²) in [6, 6.07) is 9.34. The fourth-order valence-corrected chi connectivity index (χ4v) is 2.57. The smallest absolute Gasteiger partial charge is 0.317 e. The highest BCUT2D eigenvalue weighted by Crippen LogP contribution is 2.31. The van der Waals surface area contributed by atoms with Gasteiger partial charge in [-0.05, 0) is 18.2 Å². The lowest BCUT2D eigenvalue weighted by atomic mass is 10.1. The van der Waals surface area contributed by atoms with Gasteiger partial charge in [-0.2, -0.15) is 0 Å². The standard InChI is InChI=1S/C16H11N3O7/c20-15-11-3-1-2-4-12(11)16(21)17(15)7-8-26-14-6-5-10(18(22)23)9-13(14)19(24)25/h1-6,9H,7-8H2. The van der Waals surface area contributed by atoms with E-state index in [1.54, 1.807) is 12.1 Å². The van der Waals surface area contributed by atoms with Crippen molar-refractivity contribution in [1.29, 1.82) is 0 Å². The lowest BCUT2D eigenvalue weighted by Gasteiger charge is -2.14. The molecule has 10 nitrogen and oxygen atoms in total. The molecule has 2 aromatic carbocycles. The fraction of sp³-hybridized carbons (Fsp3) is 0.125. The lowest BCUT2D eigenvalue weighted by molar-refractivity contribution is -0.394. The number of benzene rings is 2. The van der Waals surface area contributed by atoms with Crippen molar-refractivity contribution in [3.63, 3.8) is 0 Å². The van der Waals surface area contributed by atoms with Crippen molar-refractivity contribution < 1.29 is 24.2 Å². The second kappa shape index (κ2) is 6.59. The zero-order valence-corrected chi connectivity index (χ0v) is 13.2. The molecule has 0 aliphatic carbocycles. The van der Waals surface area contributed by atoms with E-state index < -0.39 is 33.0 Å². The van der Waals surface area contributed by atoms with Gasteiger partial charge >= 0.3 is 5.69 Å². The highest BCUT2D eigenvalue weighted by atomic mass is 16.6. The Morgan fingerprint density at radius 2 is 1.54 bits per heavy atom. The van der Waals surface area contributed by atoms with Crippen LogP contribution in [-0.4, -0.2) is 39.7 Å². The lowest BCUT2D eigenvalue weighted by Crippen LogP contribution is -2.33. The van der Waals surface area contributed by atoms with E-state index in [2.05, 4.69) is 0 Å². The summed E-state index contributed by atoms with van der Waals surface area (Å²) < 4.78 is 5.28. The van der Waals surface area contributed by atoms with E-state index in [-0.39, 0.29) is 18.9 Å². The van der Waals surface area contributed by atoms with Gasteiger partial charge in [0, 0.05) is 6.07 Å². The average Bonchev–Trinajstić information content (AvgIpc) is 2.86. The number of hydrogen-bond acceptors (Lipinski definition) is 7. The van der Waals surface area contributed by atoms with Crippen LogP contribution in [0, 0.1) is 20.2 Å². The molecule has 2 aromatic rings. The summed E-state index contributed by atoms with van der Waals surface area (Å²) in [6.45, 7) is -0.301. The molecule has 26 heavy (non-hydrogen) atoms. The maximum absolute atomic E-state index is 12.2. The van der Waals surface area contributed by atoms with Gasteiger partial charge in [-0.1, -0.05) is 12.1 Å². The first kappa shape index (κ1) is 17.0. The molecular formula is C16H11N3O7. The molecule has 0 saturated carbocycles. The number of fused-ring (bicyclic) bond motifs is 1. The third-order valence-corrected chi connectivity index (χ3v) is 3.80. The van der Waals surface area contributed by atoms with Gasteiger partial charge in [0.2, 0.25) is 0 Å². The Kier molecular flexibility index (Phi) is 4.31. The third kappa shape index (κ3) is 2.95. The Hall–Kier alpha value is -3.82. The van der Waals surface area contributed by atoms with E-state index in [9.17, 15) is 29.8 Å². The summed E-state index contributed by atoms with van der Waals surface area (Å²) in [5, 5.41) is 21.8. The van der Waals surface area contributed by atoms with Crippen LogP contribution in [0.4, 0.5) is 11.4 Å². The van der Waals surface area contributed by atoms with E-state index in [4.69, 9.17) is 4.74 Å². The van der Waals surface area contributed by atoms with Gasteiger partial charge < -0.3 is 4.74 Å². The topological polar surface area (TPSA) is 133 Å². The molecule has 2 amide bonds. The zero-order chi connectivity index (χ0) is 18.8. The summed E-state index contributed by atoms with van der Waals surface area (Å²) in [4.78, 5) is 45.6. The molecule has 0 saturated heterocycles. The summed E-state index contributed by atoms with van der Waals surface area (Å²) in [7, 11) is 0. The normalized spacial score (nSPS) is 12.8. The van der Waals surface area contributed by atoms with Crippen LogP contribution in [0.3, 0.4) is 0 Å². The largest absolute Gasteiger partial charge is 0.485 e. The monoisotopic (exact) mass is 357 g/mol. The first-order chi connectivity index (χ1) is 12.4. The van der Waals surface area contributed by atoms with E-state index >= 15 is 0 Å². The number of amides is 2. The molecule has 1 heterocycles. The molecule has 0 atom stereocenters. The Balaban J connectivity index is 1.71. The van der Waals surface area contributed by atoms with Gasteiger partial charge in [0.25, 0.3) is 17.5 Å². The number of imide groups is 1. The van der Waals surface area contributed by atoms with Crippen LogP contribution in [-0.2, 0) is 0 Å². The number of ether oxygens (including phenoxy) is 1. The number of non-ortho nitro benzene ring substituents is 1. The van der Waals surface area contributed by atoms with Crippen molar-refractivity contribution in [2.75, 3.05) is 13.2 Å². The van der Waals surface area contributed by atoms with Crippen LogP contribution in [0.2, 0.25) is 0 Å². The van der Waals surface area contributed by atoms with E-state index in [1.165, 1.54) is 12.1 Å². The minimum Gasteiger partial charge on any atom is -0.485 e. The quantitative estimate of drug-likeness (QED) is 0.439. The third-order valence-electron chi connectivity index (χ3n) is 3.80. The molecule has 0 N–H and O–H groups in total. The number of nitro benzene ring substituents is 2. The van der Waals surface area contributed by atoms with Crippen LogP contribution in [0.25, 0.3) is 0 Å². The van der Waals surface area contributed by atoms with Crippen molar-refractivity contribution in [1.82, 2.24) is 4.90 Å². The molecule has 1 aliphatic heterocycles. The predicted molar refractivity (Wildman–Crippen MR) is 87.1 cm³/mol. The van der Waals surface area contributed by atoms with Crippen molar-refractivity contribution in [2.45, 2.75) is 0 Å². The molecule has 0 bridgehead atoms. The Morgan fingerprint density at radius 1 is 0.923 bits per heavy atom. The van der Waals surface area contributed by atoms with Crippen molar-refractivity contribution in [3.8, 4) is 5.75 Å². The minimum absolute atomic E-state index is 0.111. The molecule has 0 radical (unpaired) electrons. The predicted octanol–water partition coefficient (Wildman–Crippen LogP) is 2.18. The Bertz CT molecular complexity index is 906. The van der Waals surface area contributed by atoms with Gasteiger partial charge in [0.15, 0.2) is 5.75 Å². The first-order valence-electron chi connectivity index (χ1n) is 7.41. The SMILES string of the molecule is O=C1c2ccccc2C(=O)N1CCOc1ccc([N+](=O)[O-])cc1[N+](=O)[O-]. The summed E-state index contributed by atoms with van der Waals surface area (Å²) in [5.74, 6) is -1.11. The van der Waals surface area contributed by atoms with Crippen molar-refractivity contribution in [3.05, 3.63) is 73.8 Å². The Morgan fingerprint density at radius 3 is 2.08 bits per heavy atom. The maximum Gasteiger partial charge on any atom is 0.317 e. The first-order valence-corrected chi connectivity index (χ1v) is 7.41. The molecule has 10 heteroatoms. The number of nitro groups is 2. The molecule has 0 fully saturated rings. The van der Waals surface area contributed by atoms with Gasteiger partial charge in [-0.25, -0.2) is 0 Å². The molecule has 132 valence electrons. The van der Waals surface area contributed by atoms with Crippen LogP contribution in [0.5, 0.6) is 5.75 Å². The van der Waals surface area contributed by atoms with Gasteiger partial charge in [-0.15, -0.1) is 0 Å². The number of hydrogen-bond donors (Lipinski definition) is 0. The van der Waals surface area contributed by atoms with Crippen molar-refractivity contribution >= 4 is 23.2 Å². The maximum atomic E-state index is 12.2. The molecule has 1 aliphatic rings. The molecular weight excluding hydrogens is 346 g/mol.